The van der Waals surface area contributed by atoms with Gasteiger partial charge in [-0.25, -0.2) is 4.68 Å². The van der Waals surface area contributed by atoms with Gasteiger partial charge in [0.05, 0.1) is 25.5 Å². The maximum Gasteiger partial charge on any atom is 0.219 e. The fraction of sp³-hybridized carbons (Fsp3) is 0.609. The summed E-state index contributed by atoms with van der Waals surface area (Å²) in [4.78, 5) is 13.9. The predicted molar refractivity (Wildman–Crippen MR) is 112 cm³/mol. The number of likely N-dealkylation sites (tertiary alicyclic amines) is 1. The Kier molecular flexibility index (Phi) is 5.23. The van der Waals surface area contributed by atoms with Gasteiger partial charge in [-0.15, -0.1) is 5.10 Å². The molecular weight excluding hydrogens is 380 g/mol. The van der Waals surface area contributed by atoms with E-state index in [0.717, 1.165) is 55.5 Å². The summed E-state index contributed by atoms with van der Waals surface area (Å²) in [6, 6.07) is 8.06. The highest BCUT2D eigenvalue weighted by atomic mass is 16.5. The van der Waals surface area contributed by atoms with Gasteiger partial charge in [-0.1, -0.05) is 5.21 Å². The number of hydrogen-bond acceptors (Lipinski definition) is 5. The van der Waals surface area contributed by atoms with Crippen LogP contribution < -0.4 is 4.74 Å². The monoisotopic (exact) mass is 410 g/mol. The van der Waals surface area contributed by atoms with Gasteiger partial charge in [-0.3, -0.25) is 4.79 Å². The molecule has 1 saturated heterocycles. The summed E-state index contributed by atoms with van der Waals surface area (Å²) < 4.78 is 13.7. The number of nitrogens with zero attached hydrogens (tertiary/aromatic N) is 4. The van der Waals surface area contributed by atoms with E-state index in [1.54, 1.807) is 14.0 Å². The van der Waals surface area contributed by atoms with Gasteiger partial charge in [-0.2, -0.15) is 0 Å². The van der Waals surface area contributed by atoms with E-state index in [1.807, 2.05) is 40.0 Å². The molecule has 0 unspecified atom stereocenters. The molecule has 7 heteroatoms. The molecule has 0 bridgehead atoms. The first-order chi connectivity index (χ1) is 14.6. The fourth-order valence-corrected chi connectivity index (χ4v) is 4.98. The maximum absolute atomic E-state index is 11.9. The third-order valence-electron chi connectivity index (χ3n) is 7.01. The van der Waals surface area contributed by atoms with Crippen LogP contribution in [0.5, 0.6) is 5.75 Å². The number of rotatable bonds is 6. The number of amides is 1. The summed E-state index contributed by atoms with van der Waals surface area (Å²) in [5.41, 5.74) is 1.88. The Balaban J connectivity index is 1.36. The zero-order valence-corrected chi connectivity index (χ0v) is 17.7. The van der Waals surface area contributed by atoms with E-state index in [4.69, 9.17) is 9.47 Å². The lowest BCUT2D eigenvalue weighted by Crippen LogP contribution is -2.38. The second kappa shape index (κ2) is 8.02. The van der Waals surface area contributed by atoms with Crippen LogP contribution in [0.25, 0.3) is 11.3 Å². The number of hydrogen-bond donors (Lipinski definition) is 0. The van der Waals surface area contributed by atoms with Crippen LogP contribution in [0.15, 0.2) is 30.5 Å². The van der Waals surface area contributed by atoms with Crippen LogP contribution in [0.3, 0.4) is 0 Å². The first kappa shape index (κ1) is 19.5. The van der Waals surface area contributed by atoms with Gasteiger partial charge in [0.1, 0.15) is 11.4 Å². The Morgan fingerprint density at radius 3 is 2.53 bits per heavy atom. The molecule has 160 valence electrons. The van der Waals surface area contributed by atoms with Crippen LogP contribution in [0, 0.1) is 17.8 Å². The summed E-state index contributed by atoms with van der Waals surface area (Å²) in [6.07, 6.45) is 6.71. The van der Waals surface area contributed by atoms with Crippen molar-refractivity contribution in [3.8, 4) is 17.0 Å². The number of carbonyl (C=O) groups excluding carboxylic acids is 1. The van der Waals surface area contributed by atoms with E-state index >= 15 is 0 Å². The zero-order valence-electron chi connectivity index (χ0n) is 17.7. The second-order valence-corrected chi connectivity index (χ2v) is 9.11. The molecule has 1 aromatic heterocycles. The molecule has 0 N–H and O–H groups in total. The summed E-state index contributed by atoms with van der Waals surface area (Å²) in [5.74, 6) is 2.77. The number of fused-ring (bicyclic) bond motifs is 1. The normalized spacial score (nSPS) is 28.4. The van der Waals surface area contributed by atoms with Crippen LogP contribution in [-0.4, -0.2) is 58.7 Å². The standard InChI is InChI=1S/C23H30N4O3/c1-15(28)26-11-18-9-22(23(10-19(18)12-26)30-14-16-3-4-16)27-13-21(24-25-27)17-5-7-20(29-2)8-6-17/h5-8,13,16,18-19,22-23H,3-4,9-12,14H2,1-2H3/t18-,19+,22-,23-/m1/s1. The minimum absolute atomic E-state index is 0.129. The third-order valence-corrected chi connectivity index (χ3v) is 7.01. The molecular formula is C23H30N4O3. The largest absolute Gasteiger partial charge is 0.497 e. The first-order valence-corrected chi connectivity index (χ1v) is 11.0. The third kappa shape index (κ3) is 3.95. The quantitative estimate of drug-likeness (QED) is 0.732. The summed E-state index contributed by atoms with van der Waals surface area (Å²) >= 11 is 0. The molecule has 3 aliphatic rings. The molecule has 0 spiro atoms. The van der Waals surface area contributed by atoms with Crippen molar-refractivity contribution in [1.82, 2.24) is 19.9 Å². The Bertz CT molecular complexity index is 892. The maximum atomic E-state index is 11.9. The van der Waals surface area contributed by atoms with E-state index in [9.17, 15) is 4.79 Å². The van der Waals surface area contributed by atoms with Crippen LogP contribution in [0.4, 0.5) is 0 Å². The summed E-state index contributed by atoms with van der Waals surface area (Å²) in [5, 5.41) is 8.93. The van der Waals surface area contributed by atoms with Crippen LogP contribution in [-0.2, 0) is 9.53 Å². The number of ether oxygens (including phenoxy) is 2. The number of methoxy groups -OCH3 is 1. The van der Waals surface area contributed by atoms with E-state index in [2.05, 4.69) is 10.3 Å². The molecule has 3 fully saturated rings. The lowest BCUT2D eigenvalue weighted by molar-refractivity contribution is -0.128. The number of aromatic nitrogens is 3. The molecule has 5 rings (SSSR count). The van der Waals surface area contributed by atoms with Crippen molar-refractivity contribution in [2.45, 2.75) is 44.8 Å². The van der Waals surface area contributed by atoms with Crippen molar-refractivity contribution in [2.24, 2.45) is 17.8 Å². The summed E-state index contributed by atoms with van der Waals surface area (Å²) in [7, 11) is 1.67. The van der Waals surface area contributed by atoms with Gasteiger partial charge in [0.2, 0.25) is 5.91 Å². The van der Waals surface area contributed by atoms with Crippen molar-refractivity contribution in [1.29, 1.82) is 0 Å². The van der Waals surface area contributed by atoms with Crippen molar-refractivity contribution >= 4 is 5.91 Å². The Morgan fingerprint density at radius 1 is 1.13 bits per heavy atom. The van der Waals surface area contributed by atoms with E-state index in [-0.39, 0.29) is 18.1 Å². The summed E-state index contributed by atoms with van der Waals surface area (Å²) in [6.45, 7) is 4.24. The highest BCUT2D eigenvalue weighted by Gasteiger charge is 2.44. The Labute approximate surface area is 177 Å². The Hall–Kier alpha value is -2.41. The second-order valence-electron chi connectivity index (χ2n) is 9.11. The number of benzene rings is 1. The van der Waals surface area contributed by atoms with Crippen LogP contribution in [0.1, 0.15) is 38.6 Å². The van der Waals surface area contributed by atoms with Crippen molar-refractivity contribution < 1.29 is 14.3 Å². The molecule has 4 atom stereocenters. The highest BCUT2D eigenvalue weighted by Crippen LogP contribution is 2.43. The molecule has 7 nitrogen and oxygen atoms in total. The van der Waals surface area contributed by atoms with Crippen molar-refractivity contribution in [3.63, 3.8) is 0 Å². The minimum Gasteiger partial charge on any atom is -0.497 e. The fourth-order valence-electron chi connectivity index (χ4n) is 4.98. The zero-order chi connectivity index (χ0) is 20.7. The lowest BCUT2D eigenvalue weighted by Gasteiger charge is -2.37. The number of carbonyl (C=O) groups is 1. The molecule has 30 heavy (non-hydrogen) atoms. The highest BCUT2D eigenvalue weighted by molar-refractivity contribution is 5.73. The van der Waals surface area contributed by atoms with Gasteiger partial charge in [-0.05, 0) is 67.7 Å². The SMILES string of the molecule is COc1ccc(-c2cn([C@@H]3C[C@@H]4CN(C(C)=O)C[C@@H]4C[C@H]3OCC3CC3)nn2)cc1. The molecule has 2 aliphatic carbocycles. The van der Waals surface area contributed by atoms with Gasteiger partial charge in [0, 0.05) is 32.2 Å². The molecule has 1 aromatic carbocycles. The molecule has 1 amide bonds. The van der Waals surface area contributed by atoms with E-state index in [1.165, 1.54) is 12.8 Å². The van der Waals surface area contributed by atoms with E-state index < -0.39 is 0 Å². The molecule has 2 saturated carbocycles. The van der Waals surface area contributed by atoms with Crippen LogP contribution >= 0.6 is 0 Å². The molecule has 1 aliphatic heterocycles. The van der Waals surface area contributed by atoms with E-state index in [0.29, 0.717) is 11.8 Å². The van der Waals surface area contributed by atoms with Crippen molar-refractivity contribution in [3.05, 3.63) is 30.5 Å². The minimum atomic E-state index is 0.129. The lowest BCUT2D eigenvalue weighted by atomic mass is 9.77. The predicted octanol–water partition coefficient (Wildman–Crippen LogP) is 3.18. The molecule has 2 heterocycles. The van der Waals surface area contributed by atoms with Gasteiger partial charge >= 0.3 is 0 Å². The van der Waals surface area contributed by atoms with Gasteiger partial charge < -0.3 is 14.4 Å². The first-order valence-electron chi connectivity index (χ1n) is 11.0. The topological polar surface area (TPSA) is 69.5 Å². The average molecular weight is 411 g/mol. The van der Waals surface area contributed by atoms with Gasteiger partial charge in [0.25, 0.3) is 0 Å². The smallest absolute Gasteiger partial charge is 0.219 e. The van der Waals surface area contributed by atoms with Crippen molar-refractivity contribution in [2.75, 3.05) is 26.8 Å². The molecule has 2 aromatic rings. The average Bonchev–Trinajstić information content (AvgIpc) is 3.29. The van der Waals surface area contributed by atoms with Gasteiger partial charge in [0.15, 0.2) is 0 Å². The Morgan fingerprint density at radius 2 is 1.87 bits per heavy atom. The van der Waals surface area contributed by atoms with Crippen LogP contribution in [0.2, 0.25) is 0 Å². The molecule has 0 radical (unpaired) electrons.